The Morgan fingerprint density at radius 3 is 2.69 bits per heavy atom. The van der Waals surface area contributed by atoms with Crippen molar-refractivity contribution in [3.63, 3.8) is 0 Å². The Morgan fingerprint density at radius 2 is 2.31 bits per heavy atom. The Hall–Kier alpha value is -0.420. The van der Waals surface area contributed by atoms with Crippen LogP contribution in [0.15, 0.2) is 0 Å². The second-order valence-corrected chi connectivity index (χ2v) is 4.70. The summed E-state index contributed by atoms with van der Waals surface area (Å²) in [5.41, 5.74) is 5.21. The van der Waals surface area contributed by atoms with Gasteiger partial charge in [0.05, 0.1) is 12.8 Å². The van der Waals surface area contributed by atoms with Gasteiger partial charge in [0, 0.05) is 6.54 Å². The second-order valence-electron chi connectivity index (χ2n) is 2.33. The molecule has 0 aliphatic heterocycles. The zero-order valence-electron chi connectivity index (χ0n) is 7.52. The van der Waals surface area contributed by atoms with Crippen molar-refractivity contribution < 1.29 is 19.0 Å². The lowest BCUT2D eigenvalue weighted by molar-refractivity contribution is -0.135. The molecule has 0 fully saturated rings. The zero-order chi connectivity index (χ0) is 10.3. The van der Waals surface area contributed by atoms with E-state index in [1.165, 1.54) is 0 Å². The van der Waals surface area contributed by atoms with Gasteiger partial charge in [-0.2, -0.15) is 0 Å². The molecule has 0 radical (unpaired) electrons. The van der Waals surface area contributed by atoms with E-state index < -0.39 is 13.5 Å². The minimum atomic E-state index is -3.03. The summed E-state index contributed by atoms with van der Waals surface area (Å²) in [7, 11) is -3.03. The van der Waals surface area contributed by atoms with Gasteiger partial charge in [-0.05, 0) is 6.92 Å². The molecule has 0 aliphatic carbocycles. The Morgan fingerprint density at radius 1 is 1.69 bits per heavy atom. The Kier molecular flexibility index (Phi) is 5.90. The molecule has 0 spiro atoms. The van der Waals surface area contributed by atoms with Crippen molar-refractivity contribution >= 4 is 13.5 Å². The maximum Gasteiger partial charge on any atom is 0.317 e. The molecule has 1 atom stereocenters. The summed E-state index contributed by atoms with van der Waals surface area (Å²) in [5.74, 6) is -1.07. The largest absolute Gasteiger partial charge is 0.480 e. The van der Waals surface area contributed by atoms with E-state index in [4.69, 9.17) is 15.4 Å². The molecule has 4 N–H and O–H groups in total. The molecule has 0 aromatic heterocycles. The van der Waals surface area contributed by atoms with Crippen LogP contribution in [0.1, 0.15) is 6.92 Å². The van der Waals surface area contributed by atoms with Crippen LogP contribution < -0.4 is 10.8 Å². The molecule has 0 bridgehead atoms. The molecule has 0 rings (SSSR count). The first-order valence-electron chi connectivity index (χ1n) is 3.94. The molecular weight excluding hydrogens is 195 g/mol. The normalized spacial score (nSPS) is 15.2. The Balaban J connectivity index is 4.07. The molecule has 0 saturated carbocycles. The topological polar surface area (TPSA) is 102 Å². The Bertz CT molecular complexity index is 199. The van der Waals surface area contributed by atoms with Gasteiger partial charge in [-0.25, -0.2) is 5.09 Å². The predicted molar refractivity (Wildman–Crippen MR) is 48.8 cm³/mol. The summed E-state index contributed by atoms with van der Waals surface area (Å²) in [4.78, 5) is 10.2. The van der Waals surface area contributed by atoms with Crippen LogP contribution in [0.25, 0.3) is 0 Å². The number of rotatable bonds is 7. The van der Waals surface area contributed by atoms with Gasteiger partial charge in [0.25, 0.3) is 7.52 Å². The third-order valence-corrected chi connectivity index (χ3v) is 3.39. The summed E-state index contributed by atoms with van der Waals surface area (Å²) in [6.45, 7) is 1.77. The molecule has 13 heavy (non-hydrogen) atoms. The lowest BCUT2D eigenvalue weighted by Crippen LogP contribution is -2.24. The van der Waals surface area contributed by atoms with E-state index in [2.05, 4.69) is 5.09 Å². The van der Waals surface area contributed by atoms with Gasteiger partial charge in [0.2, 0.25) is 0 Å². The number of hydrogen-bond acceptors (Lipinski definition) is 4. The lowest BCUT2D eigenvalue weighted by Gasteiger charge is -2.16. The van der Waals surface area contributed by atoms with E-state index in [1.54, 1.807) is 6.92 Å². The van der Waals surface area contributed by atoms with Crippen LogP contribution >= 0.6 is 7.52 Å². The molecule has 0 aliphatic rings. The van der Waals surface area contributed by atoms with E-state index in [0.717, 1.165) is 0 Å². The molecule has 6 nitrogen and oxygen atoms in total. The van der Waals surface area contributed by atoms with Crippen molar-refractivity contribution in [3.8, 4) is 0 Å². The van der Waals surface area contributed by atoms with Gasteiger partial charge in [-0.15, -0.1) is 0 Å². The number of aliphatic carboxylic acids is 1. The van der Waals surface area contributed by atoms with Crippen molar-refractivity contribution in [2.75, 3.05) is 25.9 Å². The van der Waals surface area contributed by atoms with Crippen molar-refractivity contribution in [2.24, 2.45) is 5.73 Å². The average molecular weight is 210 g/mol. The summed E-state index contributed by atoms with van der Waals surface area (Å²) >= 11 is 0. The lowest BCUT2D eigenvalue weighted by atomic mass is 10.7. The summed E-state index contributed by atoms with van der Waals surface area (Å²) < 4.78 is 16.6. The van der Waals surface area contributed by atoms with Gasteiger partial charge in [-0.3, -0.25) is 9.36 Å². The first-order valence-corrected chi connectivity index (χ1v) is 5.75. The minimum Gasteiger partial charge on any atom is -0.480 e. The standard InChI is InChI=1S/C6H15N2O4P/c1-2-12-13(11,4-3-7)8-5-6(9)10/h2-5,7H2,1H3,(H,8,11)(H,9,10). The van der Waals surface area contributed by atoms with Crippen LogP contribution in [-0.2, 0) is 13.9 Å². The smallest absolute Gasteiger partial charge is 0.317 e. The maximum absolute atomic E-state index is 11.6. The summed E-state index contributed by atoms with van der Waals surface area (Å²) in [6, 6.07) is 0. The first kappa shape index (κ1) is 12.6. The van der Waals surface area contributed by atoms with Crippen molar-refractivity contribution in [2.45, 2.75) is 6.92 Å². The van der Waals surface area contributed by atoms with Gasteiger partial charge in [0.15, 0.2) is 0 Å². The molecule has 7 heteroatoms. The highest BCUT2D eigenvalue weighted by Gasteiger charge is 2.21. The molecule has 0 aromatic carbocycles. The first-order chi connectivity index (χ1) is 6.04. The fourth-order valence-corrected chi connectivity index (χ4v) is 2.27. The highest BCUT2D eigenvalue weighted by Crippen LogP contribution is 2.40. The Labute approximate surface area is 77.0 Å². The minimum absolute atomic E-state index is 0.147. The zero-order valence-corrected chi connectivity index (χ0v) is 8.42. The van der Waals surface area contributed by atoms with Crippen LogP contribution in [0.3, 0.4) is 0 Å². The molecule has 1 unspecified atom stereocenters. The van der Waals surface area contributed by atoms with Gasteiger partial charge in [-0.1, -0.05) is 0 Å². The van der Waals surface area contributed by atoms with Crippen molar-refractivity contribution in [1.82, 2.24) is 5.09 Å². The van der Waals surface area contributed by atoms with E-state index in [1.807, 2.05) is 0 Å². The highest BCUT2D eigenvalue weighted by atomic mass is 31.2. The summed E-state index contributed by atoms with van der Waals surface area (Å²) in [6.07, 6.45) is 0.147. The van der Waals surface area contributed by atoms with Crippen LogP contribution in [0.5, 0.6) is 0 Å². The van der Waals surface area contributed by atoms with Crippen molar-refractivity contribution in [1.29, 1.82) is 0 Å². The number of nitrogens with two attached hydrogens (primary N) is 1. The molecule has 0 saturated heterocycles. The number of carbonyl (C=O) groups is 1. The molecule has 0 heterocycles. The third-order valence-electron chi connectivity index (χ3n) is 1.23. The summed E-state index contributed by atoms with van der Waals surface area (Å²) in [5, 5.41) is 10.7. The van der Waals surface area contributed by atoms with Gasteiger partial charge in [0.1, 0.15) is 6.54 Å². The second kappa shape index (κ2) is 6.10. The fraction of sp³-hybridized carbons (Fsp3) is 0.833. The SMILES string of the molecule is CCOP(=O)(CCN)NCC(=O)O. The number of hydrogen-bond donors (Lipinski definition) is 3. The quantitative estimate of drug-likeness (QED) is 0.505. The third kappa shape index (κ3) is 5.76. The fourth-order valence-electron chi connectivity index (χ4n) is 0.756. The van der Waals surface area contributed by atoms with Crippen LogP contribution in [0.2, 0.25) is 0 Å². The monoisotopic (exact) mass is 210 g/mol. The van der Waals surface area contributed by atoms with Crippen LogP contribution in [0.4, 0.5) is 0 Å². The molecule has 0 amide bonds. The van der Waals surface area contributed by atoms with Gasteiger partial charge >= 0.3 is 5.97 Å². The van der Waals surface area contributed by atoms with E-state index >= 15 is 0 Å². The van der Waals surface area contributed by atoms with Crippen LogP contribution in [-0.4, -0.2) is 36.9 Å². The predicted octanol–water partition coefficient (Wildman–Crippen LogP) is -0.151. The van der Waals surface area contributed by atoms with Crippen LogP contribution in [0, 0.1) is 0 Å². The van der Waals surface area contributed by atoms with E-state index in [-0.39, 0.29) is 25.9 Å². The highest BCUT2D eigenvalue weighted by molar-refractivity contribution is 7.56. The average Bonchev–Trinajstić information content (AvgIpc) is 2.02. The molecule has 78 valence electrons. The number of nitrogens with one attached hydrogen (secondary N) is 1. The van der Waals surface area contributed by atoms with E-state index in [9.17, 15) is 9.36 Å². The number of carboxylic acids is 1. The van der Waals surface area contributed by atoms with Gasteiger partial charge < -0.3 is 15.4 Å². The van der Waals surface area contributed by atoms with E-state index in [0.29, 0.717) is 0 Å². The van der Waals surface area contributed by atoms with Crippen molar-refractivity contribution in [3.05, 3.63) is 0 Å². The molecule has 0 aromatic rings. The maximum atomic E-state index is 11.6. The molecular formula is C6H15N2O4P. The number of carboxylic acid groups (broad SMARTS) is 1.